The summed E-state index contributed by atoms with van der Waals surface area (Å²) < 4.78 is 5.91. The van der Waals surface area contributed by atoms with Crippen LogP contribution in [0.3, 0.4) is 0 Å². The van der Waals surface area contributed by atoms with Crippen LogP contribution in [0.25, 0.3) is 0 Å². The minimum absolute atomic E-state index is 0.0741. The molecule has 0 radical (unpaired) electrons. The fourth-order valence-corrected chi connectivity index (χ4v) is 3.07. The van der Waals surface area contributed by atoms with Gasteiger partial charge in [-0.1, -0.05) is 6.07 Å². The summed E-state index contributed by atoms with van der Waals surface area (Å²) in [6.07, 6.45) is 3.65. The van der Waals surface area contributed by atoms with Gasteiger partial charge in [0.25, 0.3) is 5.91 Å². The van der Waals surface area contributed by atoms with Crippen LogP contribution in [-0.4, -0.2) is 48.1 Å². The number of rotatable bonds is 3. The van der Waals surface area contributed by atoms with E-state index in [2.05, 4.69) is 10.3 Å². The molecule has 108 valence electrons. The SMILES string of the molecule is CN(Cc1ccccn1)C(=O)[C@@H]1C[C@H]2CCNC[C@H]2O1. The number of carbonyl (C=O) groups is 1. The molecule has 0 spiro atoms. The number of fused-ring (bicyclic) bond motifs is 1. The highest BCUT2D eigenvalue weighted by Gasteiger charge is 2.40. The zero-order valence-electron chi connectivity index (χ0n) is 11.8. The maximum atomic E-state index is 12.4. The third-order valence-electron chi connectivity index (χ3n) is 4.20. The Morgan fingerprint density at radius 3 is 3.20 bits per heavy atom. The number of piperidine rings is 1. The number of likely N-dealkylation sites (N-methyl/N-ethyl adjacent to an activating group) is 1. The van der Waals surface area contributed by atoms with Crippen molar-refractivity contribution < 1.29 is 9.53 Å². The van der Waals surface area contributed by atoms with Crippen molar-refractivity contribution in [3.8, 4) is 0 Å². The van der Waals surface area contributed by atoms with Crippen LogP contribution < -0.4 is 5.32 Å². The molecule has 1 aromatic rings. The number of pyridine rings is 1. The van der Waals surface area contributed by atoms with Gasteiger partial charge < -0.3 is 15.0 Å². The summed E-state index contributed by atoms with van der Waals surface area (Å²) in [5, 5.41) is 3.32. The Bertz CT molecular complexity index is 451. The van der Waals surface area contributed by atoms with E-state index in [1.54, 1.807) is 11.1 Å². The maximum absolute atomic E-state index is 12.4. The van der Waals surface area contributed by atoms with Crippen LogP contribution >= 0.6 is 0 Å². The second-order valence-corrected chi connectivity index (χ2v) is 5.67. The average Bonchev–Trinajstić information content (AvgIpc) is 2.91. The van der Waals surface area contributed by atoms with E-state index in [0.717, 1.165) is 31.6 Å². The van der Waals surface area contributed by atoms with E-state index in [1.807, 2.05) is 25.2 Å². The number of hydrogen-bond acceptors (Lipinski definition) is 4. The first-order valence-electron chi connectivity index (χ1n) is 7.25. The molecule has 2 fully saturated rings. The molecular formula is C15H21N3O2. The van der Waals surface area contributed by atoms with Gasteiger partial charge in [-0.25, -0.2) is 0 Å². The molecule has 0 saturated carbocycles. The highest BCUT2D eigenvalue weighted by molar-refractivity contribution is 5.81. The lowest BCUT2D eigenvalue weighted by Gasteiger charge is -2.24. The van der Waals surface area contributed by atoms with Gasteiger partial charge in [0.15, 0.2) is 0 Å². The van der Waals surface area contributed by atoms with Gasteiger partial charge >= 0.3 is 0 Å². The summed E-state index contributed by atoms with van der Waals surface area (Å²) in [5.74, 6) is 0.610. The molecule has 1 amide bonds. The number of ether oxygens (including phenoxy) is 1. The van der Waals surface area contributed by atoms with Crippen molar-refractivity contribution in [1.82, 2.24) is 15.2 Å². The van der Waals surface area contributed by atoms with Crippen molar-refractivity contribution in [2.45, 2.75) is 31.6 Å². The van der Waals surface area contributed by atoms with Crippen LogP contribution in [0, 0.1) is 5.92 Å². The van der Waals surface area contributed by atoms with E-state index in [1.165, 1.54) is 0 Å². The van der Waals surface area contributed by atoms with Gasteiger partial charge in [-0.2, -0.15) is 0 Å². The minimum Gasteiger partial charge on any atom is -0.364 e. The molecule has 20 heavy (non-hydrogen) atoms. The van der Waals surface area contributed by atoms with Crippen molar-refractivity contribution in [2.75, 3.05) is 20.1 Å². The van der Waals surface area contributed by atoms with Crippen LogP contribution in [0.2, 0.25) is 0 Å². The van der Waals surface area contributed by atoms with Crippen molar-refractivity contribution in [2.24, 2.45) is 5.92 Å². The van der Waals surface area contributed by atoms with Crippen molar-refractivity contribution in [1.29, 1.82) is 0 Å². The summed E-state index contributed by atoms with van der Waals surface area (Å²) in [7, 11) is 1.82. The molecule has 2 saturated heterocycles. The molecule has 0 bridgehead atoms. The summed E-state index contributed by atoms with van der Waals surface area (Å²) in [6, 6.07) is 5.75. The third-order valence-corrected chi connectivity index (χ3v) is 4.20. The highest BCUT2D eigenvalue weighted by atomic mass is 16.5. The lowest BCUT2D eigenvalue weighted by molar-refractivity contribution is -0.142. The second kappa shape index (κ2) is 5.89. The topological polar surface area (TPSA) is 54.5 Å². The van der Waals surface area contributed by atoms with E-state index in [-0.39, 0.29) is 18.1 Å². The summed E-state index contributed by atoms with van der Waals surface area (Å²) in [6.45, 7) is 2.45. The van der Waals surface area contributed by atoms with E-state index in [0.29, 0.717) is 12.5 Å². The summed E-state index contributed by atoms with van der Waals surface area (Å²) in [4.78, 5) is 18.4. The van der Waals surface area contributed by atoms with Gasteiger partial charge in [0.2, 0.25) is 0 Å². The summed E-state index contributed by atoms with van der Waals surface area (Å²) >= 11 is 0. The van der Waals surface area contributed by atoms with Gasteiger partial charge in [0.05, 0.1) is 18.3 Å². The van der Waals surface area contributed by atoms with Crippen LogP contribution in [-0.2, 0) is 16.1 Å². The first-order valence-corrected chi connectivity index (χ1v) is 7.25. The zero-order chi connectivity index (χ0) is 13.9. The molecule has 0 aliphatic carbocycles. The Morgan fingerprint density at radius 2 is 2.45 bits per heavy atom. The molecule has 2 aliphatic heterocycles. The van der Waals surface area contributed by atoms with E-state index in [9.17, 15) is 4.79 Å². The van der Waals surface area contributed by atoms with Gasteiger partial charge in [-0.3, -0.25) is 9.78 Å². The van der Waals surface area contributed by atoms with Crippen molar-refractivity contribution in [3.05, 3.63) is 30.1 Å². The molecule has 0 unspecified atom stereocenters. The fraction of sp³-hybridized carbons (Fsp3) is 0.600. The highest BCUT2D eigenvalue weighted by Crippen LogP contribution is 2.31. The number of nitrogens with zero attached hydrogens (tertiary/aromatic N) is 2. The predicted molar refractivity (Wildman–Crippen MR) is 75.0 cm³/mol. The van der Waals surface area contributed by atoms with Crippen LogP contribution in [0.15, 0.2) is 24.4 Å². The Hall–Kier alpha value is -1.46. The van der Waals surface area contributed by atoms with Crippen LogP contribution in [0.1, 0.15) is 18.5 Å². The first-order chi connectivity index (χ1) is 9.74. The van der Waals surface area contributed by atoms with Gasteiger partial charge in [-0.05, 0) is 37.4 Å². The number of hydrogen-bond donors (Lipinski definition) is 1. The number of amides is 1. The molecule has 2 aliphatic rings. The quantitative estimate of drug-likeness (QED) is 0.887. The largest absolute Gasteiger partial charge is 0.364 e. The van der Waals surface area contributed by atoms with Crippen molar-refractivity contribution in [3.63, 3.8) is 0 Å². The van der Waals surface area contributed by atoms with Gasteiger partial charge in [0.1, 0.15) is 6.10 Å². The molecule has 5 nitrogen and oxygen atoms in total. The fourth-order valence-electron chi connectivity index (χ4n) is 3.07. The number of aromatic nitrogens is 1. The molecule has 3 atom stereocenters. The monoisotopic (exact) mass is 275 g/mol. The smallest absolute Gasteiger partial charge is 0.251 e. The Balaban J connectivity index is 1.58. The molecule has 3 rings (SSSR count). The van der Waals surface area contributed by atoms with Crippen LogP contribution in [0.5, 0.6) is 0 Å². The zero-order valence-corrected chi connectivity index (χ0v) is 11.8. The van der Waals surface area contributed by atoms with Crippen molar-refractivity contribution >= 4 is 5.91 Å². The Labute approximate surface area is 119 Å². The molecule has 1 aromatic heterocycles. The Morgan fingerprint density at radius 1 is 1.55 bits per heavy atom. The predicted octanol–water partition coefficient (Wildman–Crippen LogP) is 0.807. The second-order valence-electron chi connectivity index (χ2n) is 5.67. The van der Waals surface area contributed by atoms with E-state index in [4.69, 9.17) is 4.74 Å². The molecule has 1 N–H and O–H groups in total. The standard InChI is InChI=1S/C15H21N3O2/c1-18(10-12-4-2-3-6-17-12)15(19)13-8-11-5-7-16-9-14(11)20-13/h2-4,6,11,13-14,16H,5,7-10H2,1H3/t11-,13+,14-/m1/s1. The maximum Gasteiger partial charge on any atom is 0.251 e. The molecule has 0 aromatic carbocycles. The third kappa shape index (κ3) is 2.83. The molecule has 3 heterocycles. The summed E-state index contributed by atoms with van der Waals surface area (Å²) in [5.41, 5.74) is 0.903. The van der Waals surface area contributed by atoms with Gasteiger partial charge in [0, 0.05) is 19.8 Å². The normalized spacial score (nSPS) is 28.9. The number of carbonyl (C=O) groups excluding carboxylic acids is 1. The van der Waals surface area contributed by atoms with E-state index < -0.39 is 0 Å². The van der Waals surface area contributed by atoms with E-state index >= 15 is 0 Å². The molecular weight excluding hydrogens is 254 g/mol. The lowest BCUT2D eigenvalue weighted by Crippen LogP contribution is -2.39. The van der Waals surface area contributed by atoms with Crippen LogP contribution in [0.4, 0.5) is 0 Å². The minimum atomic E-state index is -0.279. The lowest BCUT2D eigenvalue weighted by atomic mass is 9.93. The molecule has 5 heteroatoms. The van der Waals surface area contributed by atoms with Gasteiger partial charge in [-0.15, -0.1) is 0 Å². The number of nitrogens with one attached hydrogen (secondary N) is 1. The average molecular weight is 275 g/mol. The Kier molecular flexibility index (Phi) is 3.98. The first kappa shape index (κ1) is 13.5.